The number of imidazole rings is 1. The summed E-state index contributed by atoms with van der Waals surface area (Å²) in [5, 5.41) is 0. The summed E-state index contributed by atoms with van der Waals surface area (Å²) in [4.78, 5) is 19.6. The van der Waals surface area contributed by atoms with Crippen molar-refractivity contribution in [3.8, 4) is 0 Å². The van der Waals surface area contributed by atoms with Crippen LogP contribution in [0.25, 0.3) is 11.0 Å². The minimum atomic E-state index is 0.111. The van der Waals surface area contributed by atoms with E-state index in [1.807, 2.05) is 36.9 Å². The Hall–Kier alpha value is -2.62. The van der Waals surface area contributed by atoms with Crippen LogP contribution < -0.4 is 0 Å². The molecule has 0 saturated heterocycles. The number of carbonyl (C=O) groups is 1. The van der Waals surface area contributed by atoms with Crippen molar-refractivity contribution in [1.29, 1.82) is 0 Å². The predicted molar refractivity (Wildman–Crippen MR) is 120 cm³/mol. The lowest BCUT2D eigenvalue weighted by Gasteiger charge is -2.21. The molecule has 1 atom stereocenters. The molecule has 2 aromatic carbocycles. The Kier molecular flexibility index (Phi) is 6.73. The second-order valence-electron chi connectivity index (χ2n) is 8.17. The van der Waals surface area contributed by atoms with Gasteiger partial charge in [-0.05, 0) is 49.4 Å². The molecule has 29 heavy (non-hydrogen) atoms. The van der Waals surface area contributed by atoms with Gasteiger partial charge in [0, 0.05) is 19.0 Å². The lowest BCUT2D eigenvalue weighted by atomic mass is 9.96. The van der Waals surface area contributed by atoms with E-state index in [1.54, 1.807) is 0 Å². The molecule has 0 aliphatic carbocycles. The van der Waals surface area contributed by atoms with E-state index in [4.69, 9.17) is 4.98 Å². The summed E-state index contributed by atoms with van der Waals surface area (Å²) in [6, 6.07) is 16.9. The SMILES string of the molecule is CCN(CC)C(=O)Cn1c(C(C)c2ccc(CC(C)C)cc2)nc2ccccc21. The quantitative estimate of drug-likeness (QED) is 0.526. The third-order valence-electron chi connectivity index (χ3n) is 5.60. The summed E-state index contributed by atoms with van der Waals surface area (Å²) >= 11 is 0. The van der Waals surface area contributed by atoms with Gasteiger partial charge in [-0.2, -0.15) is 0 Å². The number of rotatable bonds is 8. The highest BCUT2D eigenvalue weighted by molar-refractivity contribution is 5.81. The number of carbonyl (C=O) groups excluding carboxylic acids is 1. The molecule has 0 fully saturated rings. The molecule has 0 bridgehead atoms. The van der Waals surface area contributed by atoms with Gasteiger partial charge >= 0.3 is 0 Å². The zero-order chi connectivity index (χ0) is 21.0. The summed E-state index contributed by atoms with van der Waals surface area (Å²) in [6.45, 7) is 12.5. The minimum Gasteiger partial charge on any atom is -0.342 e. The van der Waals surface area contributed by atoms with E-state index in [1.165, 1.54) is 11.1 Å². The molecule has 0 aliphatic heterocycles. The molecular formula is C25H33N3O. The summed E-state index contributed by atoms with van der Waals surface area (Å²) in [5.41, 5.74) is 4.55. The van der Waals surface area contributed by atoms with Crippen LogP contribution in [0.5, 0.6) is 0 Å². The van der Waals surface area contributed by atoms with Crippen LogP contribution >= 0.6 is 0 Å². The van der Waals surface area contributed by atoms with Gasteiger partial charge in [-0.15, -0.1) is 0 Å². The monoisotopic (exact) mass is 391 g/mol. The molecule has 0 radical (unpaired) electrons. The van der Waals surface area contributed by atoms with Gasteiger partial charge in [-0.1, -0.05) is 57.2 Å². The highest BCUT2D eigenvalue weighted by Gasteiger charge is 2.21. The molecule has 4 heteroatoms. The molecule has 0 N–H and O–H groups in total. The zero-order valence-corrected chi connectivity index (χ0v) is 18.4. The number of hydrogen-bond donors (Lipinski definition) is 0. The topological polar surface area (TPSA) is 38.1 Å². The first kappa shape index (κ1) is 21.1. The molecule has 154 valence electrons. The zero-order valence-electron chi connectivity index (χ0n) is 18.4. The maximum absolute atomic E-state index is 12.9. The summed E-state index contributed by atoms with van der Waals surface area (Å²) in [7, 11) is 0. The van der Waals surface area contributed by atoms with Crippen LogP contribution in [0.15, 0.2) is 48.5 Å². The lowest BCUT2D eigenvalue weighted by Crippen LogP contribution is -2.34. The van der Waals surface area contributed by atoms with Crippen molar-refractivity contribution < 1.29 is 4.79 Å². The molecule has 0 saturated carbocycles. The van der Waals surface area contributed by atoms with Crippen molar-refractivity contribution in [1.82, 2.24) is 14.5 Å². The molecule has 4 nitrogen and oxygen atoms in total. The Bertz CT molecular complexity index is 952. The van der Waals surface area contributed by atoms with Gasteiger partial charge in [0.25, 0.3) is 0 Å². The average Bonchev–Trinajstić information content (AvgIpc) is 3.07. The van der Waals surface area contributed by atoms with Gasteiger partial charge in [0.1, 0.15) is 12.4 Å². The Morgan fingerprint density at radius 2 is 1.66 bits per heavy atom. The first-order valence-corrected chi connectivity index (χ1v) is 10.8. The first-order valence-electron chi connectivity index (χ1n) is 10.8. The van der Waals surface area contributed by atoms with Crippen molar-refractivity contribution >= 4 is 16.9 Å². The molecular weight excluding hydrogens is 358 g/mol. The largest absolute Gasteiger partial charge is 0.342 e. The second kappa shape index (κ2) is 9.25. The van der Waals surface area contributed by atoms with Gasteiger partial charge in [0.2, 0.25) is 5.91 Å². The molecule has 0 aliphatic rings. The molecule has 3 rings (SSSR count). The van der Waals surface area contributed by atoms with Gasteiger partial charge < -0.3 is 9.47 Å². The molecule has 1 unspecified atom stereocenters. The average molecular weight is 392 g/mol. The van der Waals surface area contributed by atoms with Crippen LogP contribution in [0.1, 0.15) is 57.5 Å². The van der Waals surface area contributed by atoms with Crippen LogP contribution in [0.2, 0.25) is 0 Å². The third kappa shape index (κ3) is 4.69. The number of aromatic nitrogens is 2. The van der Waals surface area contributed by atoms with E-state index in [0.717, 1.165) is 36.4 Å². The van der Waals surface area contributed by atoms with Crippen molar-refractivity contribution in [2.24, 2.45) is 5.92 Å². The van der Waals surface area contributed by atoms with Crippen LogP contribution in [0.3, 0.4) is 0 Å². The summed E-state index contributed by atoms with van der Waals surface area (Å²) < 4.78 is 2.10. The van der Waals surface area contributed by atoms with Crippen LogP contribution in [-0.2, 0) is 17.8 Å². The molecule has 1 amide bonds. The second-order valence-corrected chi connectivity index (χ2v) is 8.17. The van der Waals surface area contributed by atoms with Gasteiger partial charge in [0.15, 0.2) is 0 Å². The lowest BCUT2D eigenvalue weighted by molar-refractivity contribution is -0.131. The fourth-order valence-electron chi connectivity index (χ4n) is 3.97. The number of fused-ring (bicyclic) bond motifs is 1. The molecule has 0 spiro atoms. The molecule has 1 aromatic heterocycles. The fraction of sp³-hybridized carbons (Fsp3) is 0.440. The Balaban J connectivity index is 1.96. The highest BCUT2D eigenvalue weighted by Crippen LogP contribution is 2.28. The fourth-order valence-corrected chi connectivity index (χ4v) is 3.97. The van der Waals surface area contributed by atoms with Crippen molar-refractivity contribution in [2.75, 3.05) is 13.1 Å². The number of nitrogens with zero attached hydrogens (tertiary/aromatic N) is 3. The van der Waals surface area contributed by atoms with Crippen molar-refractivity contribution in [2.45, 2.75) is 53.5 Å². The number of hydrogen-bond acceptors (Lipinski definition) is 2. The number of likely N-dealkylation sites (N-methyl/N-ethyl adjacent to an activating group) is 1. The van der Waals surface area contributed by atoms with Crippen LogP contribution in [0, 0.1) is 5.92 Å². The predicted octanol–water partition coefficient (Wildman–Crippen LogP) is 5.26. The standard InChI is InChI=1S/C25H33N3O/c1-6-27(7-2)24(29)17-28-23-11-9-8-10-22(23)26-25(28)19(5)21-14-12-20(13-15-21)16-18(3)4/h8-15,18-19H,6-7,16-17H2,1-5H3. The Morgan fingerprint density at radius 3 is 2.28 bits per heavy atom. The third-order valence-corrected chi connectivity index (χ3v) is 5.60. The van der Waals surface area contributed by atoms with E-state index in [9.17, 15) is 4.79 Å². The number of para-hydroxylation sites is 2. The maximum atomic E-state index is 12.9. The van der Waals surface area contributed by atoms with Crippen LogP contribution in [0.4, 0.5) is 0 Å². The number of amides is 1. The smallest absolute Gasteiger partial charge is 0.242 e. The molecule has 3 aromatic rings. The highest BCUT2D eigenvalue weighted by atomic mass is 16.2. The Morgan fingerprint density at radius 1 is 1.00 bits per heavy atom. The van der Waals surface area contributed by atoms with Crippen molar-refractivity contribution in [3.63, 3.8) is 0 Å². The Labute approximate surface area is 174 Å². The normalized spacial score (nSPS) is 12.5. The first-order chi connectivity index (χ1) is 13.9. The van der Waals surface area contributed by atoms with E-state index >= 15 is 0 Å². The minimum absolute atomic E-state index is 0.111. The number of benzene rings is 2. The van der Waals surface area contributed by atoms with Gasteiger partial charge in [-0.25, -0.2) is 4.98 Å². The maximum Gasteiger partial charge on any atom is 0.242 e. The van der Waals surface area contributed by atoms with Gasteiger partial charge in [0.05, 0.1) is 11.0 Å². The van der Waals surface area contributed by atoms with E-state index in [-0.39, 0.29) is 11.8 Å². The summed E-state index contributed by atoms with van der Waals surface area (Å²) in [6.07, 6.45) is 1.09. The summed E-state index contributed by atoms with van der Waals surface area (Å²) in [5.74, 6) is 1.84. The van der Waals surface area contributed by atoms with Gasteiger partial charge in [-0.3, -0.25) is 4.79 Å². The van der Waals surface area contributed by atoms with E-state index in [0.29, 0.717) is 12.5 Å². The molecule has 1 heterocycles. The van der Waals surface area contributed by atoms with Crippen molar-refractivity contribution in [3.05, 3.63) is 65.5 Å². The van der Waals surface area contributed by atoms with Crippen LogP contribution in [-0.4, -0.2) is 33.4 Å². The van der Waals surface area contributed by atoms with E-state index < -0.39 is 0 Å². The van der Waals surface area contributed by atoms with E-state index in [2.05, 4.69) is 55.7 Å².